The summed E-state index contributed by atoms with van der Waals surface area (Å²) in [5, 5.41) is 9.12. The Kier molecular flexibility index (Phi) is 7.15. The summed E-state index contributed by atoms with van der Waals surface area (Å²) < 4.78 is 8.18. The Morgan fingerprint density at radius 1 is 1.00 bits per heavy atom. The Hall–Kier alpha value is -3.64. The molecule has 3 aromatic carbocycles. The molecule has 0 amide bonds. The first kappa shape index (κ1) is 21.6. The number of hydrogen-bond acceptors (Lipinski definition) is 3. The molecule has 0 aliphatic carbocycles. The second-order valence-electron chi connectivity index (χ2n) is 7.45. The van der Waals surface area contributed by atoms with Crippen molar-refractivity contribution < 1.29 is 4.74 Å². The van der Waals surface area contributed by atoms with Crippen molar-refractivity contribution in [3.05, 3.63) is 102 Å². The minimum atomic E-state index is 0.487. The van der Waals surface area contributed by atoms with Crippen LogP contribution in [0.4, 0.5) is 0 Å². The van der Waals surface area contributed by atoms with Gasteiger partial charge in [-0.25, -0.2) is 0 Å². The van der Waals surface area contributed by atoms with Crippen LogP contribution in [0.3, 0.4) is 0 Å². The largest absolute Gasteiger partial charge is 0.491 e. The lowest BCUT2D eigenvalue weighted by Crippen LogP contribution is -2.31. The summed E-state index contributed by atoms with van der Waals surface area (Å²) in [5.74, 6) is 0.923. The van der Waals surface area contributed by atoms with E-state index in [0.717, 1.165) is 39.9 Å². The molecule has 0 aliphatic heterocycles. The second-order valence-corrected chi connectivity index (χ2v) is 7.86. The zero-order valence-electron chi connectivity index (χ0n) is 18.0. The monoisotopic (exact) mass is 442 g/mol. The molecule has 0 saturated heterocycles. The number of rotatable bonds is 8. The molecule has 5 nitrogen and oxygen atoms in total. The first-order chi connectivity index (χ1) is 15.7. The third-order valence-electron chi connectivity index (χ3n) is 5.17. The minimum Gasteiger partial charge on any atom is -0.491 e. The summed E-state index contributed by atoms with van der Waals surface area (Å²) in [7, 11) is 0. The summed E-state index contributed by atoms with van der Waals surface area (Å²) in [4.78, 5) is 0. The van der Waals surface area contributed by atoms with Gasteiger partial charge in [-0.15, -0.1) is 0 Å². The van der Waals surface area contributed by atoms with E-state index in [2.05, 4.69) is 63.9 Å². The Balaban J connectivity index is 1.37. The average molecular weight is 443 g/mol. The van der Waals surface area contributed by atoms with Crippen molar-refractivity contribution in [3.63, 3.8) is 0 Å². The molecule has 0 radical (unpaired) electrons. The van der Waals surface area contributed by atoms with Gasteiger partial charge >= 0.3 is 0 Å². The SMILES string of the molecule is Cc1ccccc1OCCn1cc(C=NNC(=S)NCc2ccccc2)c2ccccc21. The third kappa shape index (κ3) is 5.53. The zero-order chi connectivity index (χ0) is 22.2. The Bertz CT molecular complexity index is 1220. The van der Waals surface area contributed by atoms with Crippen molar-refractivity contribution in [1.82, 2.24) is 15.3 Å². The van der Waals surface area contributed by atoms with Crippen molar-refractivity contribution in [3.8, 4) is 5.75 Å². The number of fused-ring (bicyclic) bond motifs is 1. The summed E-state index contributed by atoms with van der Waals surface area (Å²) in [5.41, 5.74) is 7.37. The lowest BCUT2D eigenvalue weighted by atomic mass is 10.2. The number of aromatic nitrogens is 1. The molecule has 1 aromatic heterocycles. The maximum atomic E-state index is 5.98. The van der Waals surface area contributed by atoms with Crippen molar-refractivity contribution in [1.29, 1.82) is 0 Å². The Morgan fingerprint density at radius 2 is 1.75 bits per heavy atom. The molecule has 0 atom stereocenters. The van der Waals surface area contributed by atoms with Crippen molar-refractivity contribution in [2.75, 3.05) is 6.61 Å². The van der Waals surface area contributed by atoms with E-state index in [1.807, 2.05) is 48.5 Å². The van der Waals surface area contributed by atoms with Gasteiger partial charge in [-0.1, -0.05) is 66.7 Å². The molecule has 4 rings (SSSR count). The number of thiocarbonyl (C=S) groups is 1. The molecule has 0 saturated carbocycles. The van der Waals surface area contributed by atoms with Crippen LogP contribution in [-0.2, 0) is 13.1 Å². The number of para-hydroxylation sites is 2. The number of aryl methyl sites for hydroxylation is 1. The quantitative estimate of drug-likeness (QED) is 0.228. The lowest BCUT2D eigenvalue weighted by molar-refractivity contribution is 0.298. The summed E-state index contributed by atoms with van der Waals surface area (Å²) >= 11 is 5.33. The van der Waals surface area contributed by atoms with E-state index in [0.29, 0.717) is 18.3 Å². The van der Waals surface area contributed by atoms with Gasteiger partial charge in [0.25, 0.3) is 0 Å². The molecular formula is C26H26N4OS. The number of ether oxygens (including phenoxy) is 1. The van der Waals surface area contributed by atoms with Crippen LogP contribution in [-0.4, -0.2) is 22.5 Å². The predicted octanol–water partition coefficient (Wildman–Crippen LogP) is 5.03. The highest BCUT2D eigenvalue weighted by molar-refractivity contribution is 7.80. The van der Waals surface area contributed by atoms with E-state index in [1.165, 1.54) is 0 Å². The van der Waals surface area contributed by atoms with E-state index in [4.69, 9.17) is 17.0 Å². The molecule has 1 heterocycles. The van der Waals surface area contributed by atoms with Crippen LogP contribution in [0.1, 0.15) is 16.7 Å². The van der Waals surface area contributed by atoms with Crippen LogP contribution in [0.2, 0.25) is 0 Å². The van der Waals surface area contributed by atoms with Crippen LogP contribution in [0.5, 0.6) is 5.75 Å². The third-order valence-corrected chi connectivity index (χ3v) is 5.40. The molecule has 2 N–H and O–H groups in total. The number of benzene rings is 3. The van der Waals surface area contributed by atoms with Crippen molar-refractivity contribution in [2.45, 2.75) is 20.0 Å². The molecule has 4 aromatic rings. The fourth-order valence-corrected chi connectivity index (χ4v) is 3.64. The van der Waals surface area contributed by atoms with Crippen molar-refractivity contribution in [2.24, 2.45) is 5.10 Å². The topological polar surface area (TPSA) is 50.6 Å². The summed E-state index contributed by atoms with van der Waals surface area (Å²) in [6, 6.07) is 26.5. The maximum Gasteiger partial charge on any atom is 0.187 e. The standard InChI is InChI=1S/C26H26N4OS/c1-20-9-5-8-14-25(20)31-16-15-30-19-22(23-12-6-7-13-24(23)30)18-28-29-26(32)27-17-21-10-3-2-4-11-21/h2-14,18-19H,15-17H2,1H3,(H2,27,29,32). The molecule has 0 unspecified atom stereocenters. The van der Waals surface area contributed by atoms with Gasteiger partial charge in [-0.05, 0) is 42.4 Å². The van der Waals surface area contributed by atoms with Gasteiger partial charge < -0.3 is 14.6 Å². The van der Waals surface area contributed by atoms with E-state index in [-0.39, 0.29) is 0 Å². The molecule has 162 valence electrons. The smallest absolute Gasteiger partial charge is 0.187 e. The van der Waals surface area contributed by atoms with Crippen LogP contribution in [0.25, 0.3) is 10.9 Å². The zero-order valence-corrected chi connectivity index (χ0v) is 18.8. The maximum absolute atomic E-state index is 5.98. The normalized spacial score (nSPS) is 11.0. The molecule has 0 bridgehead atoms. The minimum absolute atomic E-state index is 0.487. The van der Waals surface area contributed by atoms with Gasteiger partial charge in [0.2, 0.25) is 0 Å². The van der Waals surface area contributed by atoms with Crippen molar-refractivity contribution >= 4 is 34.4 Å². The van der Waals surface area contributed by atoms with Gasteiger partial charge in [0.05, 0.1) is 12.8 Å². The molecule has 0 spiro atoms. The van der Waals surface area contributed by atoms with Gasteiger partial charge in [0.15, 0.2) is 5.11 Å². The fraction of sp³-hybridized carbons (Fsp3) is 0.154. The summed E-state index contributed by atoms with van der Waals surface area (Å²) in [6.07, 6.45) is 3.90. The van der Waals surface area contributed by atoms with Crippen LogP contribution in [0.15, 0.2) is 90.2 Å². The number of nitrogens with one attached hydrogen (secondary N) is 2. The highest BCUT2D eigenvalue weighted by atomic mass is 32.1. The first-order valence-corrected chi connectivity index (χ1v) is 11.0. The Labute approximate surface area is 193 Å². The van der Waals surface area contributed by atoms with E-state index < -0.39 is 0 Å². The van der Waals surface area contributed by atoms with Crippen LogP contribution < -0.4 is 15.5 Å². The molecular weight excluding hydrogens is 416 g/mol. The van der Waals surface area contributed by atoms with E-state index >= 15 is 0 Å². The molecule has 0 fully saturated rings. The van der Waals surface area contributed by atoms with E-state index in [1.54, 1.807) is 6.21 Å². The molecule has 32 heavy (non-hydrogen) atoms. The van der Waals surface area contributed by atoms with Gasteiger partial charge in [0.1, 0.15) is 12.4 Å². The predicted molar refractivity (Wildman–Crippen MR) is 135 cm³/mol. The first-order valence-electron chi connectivity index (χ1n) is 10.6. The lowest BCUT2D eigenvalue weighted by Gasteiger charge is -2.10. The average Bonchev–Trinajstić information content (AvgIpc) is 3.17. The van der Waals surface area contributed by atoms with Crippen LogP contribution in [0, 0.1) is 6.92 Å². The molecule has 6 heteroatoms. The number of hydrazone groups is 1. The van der Waals surface area contributed by atoms with Gasteiger partial charge in [-0.3, -0.25) is 5.43 Å². The van der Waals surface area contributed by atoms with Gasteiger partial charge in [0, 0.05) is 29.2 Å². The second kappa shape index (κ2) is 10.6. The van der Waals surface area contributed by atoms with Crippen LogP contribution >= 0.6 is 12.2 Å². The molecule has 0 aliphatic rings. The number of hydrogen-bond donors (Lipinski definition) is 2. The Morgan fingerprint density at radius 3 is 2.59 bits per heavy atom. The highest BCUT2D eigenvalue weighted by Gasteiger charge is 2.07. The van der Waals surface area contributed by atoms with Gasteiger partial charge in [-0.2, -0.15) is 5.10 Å². The number of nitrogens with zero attached hydrogens (tertiary/aromatic N) is 2. The summed E-state index contributed by atoms with van der Waals surface area (Å²) in [6.45, 7) is 4.04. The highest BCUT2D eigenvalue weighted by Crippen LogP contribution is 2.21. The fourth-order valence-electron chi connectivity index (χ4n) is 3.51. The van der Waals surface area contributed by atoms with E-state index in [9.17, 15) is 0 Å².